The van der Waals surface area contributed by atoms with Crippen LogP contribution in [0.15, 0.2) is 30.3 Å². The summed E-state index contributed by atoms with van der Waals surface area (Å²) in [5.74, 6) is 1.41. The first kappa shape index (κ1) is 35.7. The summed E-state index contributed by atoms with van der Waals surface area (Å²) >= 11 is 0. The number of hydrogen-bond acceptors (Lipinski definition) is 1. The van der Waals surface area contributed by atoms with Crippen molar-refractivity contribution in [1.82, 2.24) is 0 Å². The number of carbonyl (C=O) groups is 1. The van der Waals surface area contributed by atoms with Crippen molar-refractivity contribution in [3.63, 3.8) is 0 Å². The van der Waals surface area contributed by atoms with Crippen molar-refractivity contribution in [2.24, 2.45) is 0 Å². The summed E-state index contributed by atoms with van der Waals surface area (Å²) in [6.45, 7) is 9.86. The molecular formula is C19H31OWY2-3. The van der Waals surface area contributed by atoms with Gasteiger partial charge in [-0.25, -0.2) is 0 Å². The topological polar surface area (TPSA) is 17.1 Å². The van der Waals surface area contributed by atoms with E-state index in [1.54, 1.807) is 6.92 Å². The maximum absolute atomic E-state index is 11.1. The van der Waals surface area contributed by atoms with E-state index in [4.69, 9.17) is 0 Å². The SMILES string of the molecule is CC.C[CH-]CCC[C-](CCC)C(C)=O.[W].[Y].[Y].[c-]1ccccc1. The third kappa shape index (κ3) is 28.7. The molecule has 0 atom stereocenters. The molecule has 0 aromatic heterocycles. The fourth-order valence-electron chi connectivity index (χ4n) is 1.64. The molecule has 1 aromatic carbocycles. The van der Waals surface area contributed by atoms with E-state index < -0.39 is 0 Å². The largest absolute Gasteiger partial charge is 0.334 e. The summed E-state index contributed by atoms with van der Waals surface area (Å²) in [5, 5.41) is 0. The number of carbonyl (C=O) groups excluding carboxylic acids is 1. The average molecular weight is 637 g/mol. The van der Waals surface area contributed by atoms with E-state index in [-0.39, 0.29) is 92.3 Å². The van der Waals surface area contributed by atoms with E-state index >= 15 is 0 Å². The van der Waals surface area contributed by atoms with Gasteiger partial charge >= 0.3 is 0 Å². The van der Waals surface area contributed by atoms with Gasteiger partial charge in [0.15, 0.2) is 0 Å². The van der Waals surface area contributed by atoms with Crippen molar-refractivity contribution in [3.05, 3.63) is 48.7 Å². The molecule has 0 aliphatic carbocycles. The Morgan fingerprint density at radius 1 is 1.09 bits per heavy atom. The van der Waals surface area contributed by atoms with Crippen LogP contribution in [0.4, 0.5) is 0 Å². The summed E-state index contributed by atoms with van der Waals surface area (Å²) in [6.07, 6.45) is 7.48. The van der Waals surface area contributed by atoms with Crippen LogP contribution in [-0.2, 0) is 91.3 Å². The molecular weight excluding hydrogens is 606 g/mol. The van der Waals surface area contributed by atoms with Crippen molar-refractivity contribution in [1.29, 1.82) is 0 Å². The van der Waals surface area contributed by atoms with Gasteiger partial charge < -0.3 is 17.1 Å². The molecule has 1 aromatic rings. The molecule has 0 amide bonds. The zero-order chi connectivity index (χ0) is 15.6. The van der Waals surface area contributed by atoms with Crippen molar-refractivity contribution in [2.45, 2.75) is 66.7 Å². The van der Waals surface area contributed by atoms with Crippen LogP contribution in [0.1, 0.15) is 66.7 Å². The van der Waals surface area contributed by atoms with E-state index in [0.717, 1.165) is 38.0 Å². The Morgan fingerprint density at radius 2 is 1.61 bits per heavy atom. The summed E-state index contributed by atoms with van der Waals surface area (Å²) < 4.78 is 0. The number of unbranched alkanes of at least 4 members (excludes halogenated alkanes) is 2. The molecule has 0 heterocycles. The van der Waals surface area contributed by atoms with Crippen molar-refractivity contribution in [2.75, 3.05) is 0 Å². The second kappa shape index (κ2) is 31.4. The van der Waals surface area contributed by atoms with Crippen LogP contribution in [0.2, 0.25) is 0 Å². The first-order valence-corrected chi connectivity index (χ1v) is 7.76. The third-order valence-electron chi connectivity index (χ3n) is 2.63. The molecule has 1 nitrogen and oxygen atoms in total. The Bertz CT molecular complexity index is 268. The minimum atomic E-state index is 0. The predicted molar refractivity (Wildman–Crippen MR) is 89.3 cm³/mol. The van der Waals surface area contributed by atoms with Crippen LogP contribution >= 0.6 is 0 Å². The molecule has 0 N–H and O–H groups in total. The first-order valence-electron chi connectivity index (χ1n) is 7.76. The minimum absolute atomic E-state index is 0. The van der Waals surface area contributed by atoms with Crippen LogP contribution in [0.3, 0.4) is 0 Å². The third-order valence-corrected chi connectivity index (χ3v) is 2.63. The Hall–Kier alpha value is 1.66. The van der Waals surface area contributed by atoms with Crippen LogP contribution in [-0.4, -0.2) is 5.78 Å². The zero-order valence-electron chi connectivity index (χ0n) is 15.5. The van der Waals surface area contributed by atoms with Gasteiger partial charge in [0, 0.05) is 86.5 Å². The second-order valence-corrected chi connectivity index (χ2v) is 4.29. The van der Waals surface area contributed by atoms with Crippen molar-refractivity contribution in [3.8, 4) is 0 Å². The number of hydrogen-bond donors (Lipinski definition) is 0. The smallest absolute Gasteiger partial charge is 0 e. The molecule has 128 valence electrons. The molecule has 0 bridgehead atoms. The number of rotatable bonds is 7. The number of benzene rings is 1. The molecule has 0 aliphatic rings. The van der Waals surface area contributed by atoms with E-state index in [1.807, 2.05) is 44.2 Å². The van der Waals surface area contributed by atoms with Crippen LogP contribution in [0.25, 0.3) is 0 Å². The molecule has 2 radical (unpaired) electrons. The normalized spacial score (nSPS) is 7.52. The van der Waals surface area contributed by atoms with Crippen molar-refractivity contribution < 1.29 is 91.3 Å². The molecule has 0 aliphatic heterocycles. The van der Waals surface area contributed by atoms with Crippen molar-refractivity contribution >= 4 is 5.78 Å². The molecule has 0 saturated heterocycles. The molecule has 0 spiro atoms. The summed E-state index contributed by atoms with van der Waals surface area (Å²) in [5.41, 5.74) is 0. The predicted octanol–water partition coefficient (Wildman–Crippen LogP) is 5.85. The summed E-state index contributed by atoms with van der Waals surface area (Å²) in [4.78, 5) is 11.1. The average Bonchev–Trinajstić information content (AvgIpc) is 2.51. The van der Waals surface area contributed by atoms with Gasteiger partial charge in [0.2, 0.25) is 0 Å². The van der Waals surface area contributed by atoms with Crippen LogP contribution in [0, 0.1) is 18.4 Å². The van der Waals surface area contributed by atoms with Gasteiger partial charge in [0.25, 0.3) is 0 Å². The Labute approximate surface area is 210 Å². The Kier molecular flexibility index (Phi) is 48.8. The zero-order valence-corrected chi connectivity index (χ0v) is 24.1. The van der Waals surface area contributed by atoms with E-state index in [2.05, 4.69) is 26.3 Å². The molecule has 4 heteroatoms. The van der Waals surface area contributed by atoms with Crippen LogP contribution < -0.4 is 0 Å². The quantitative estimate of drug-likeness (QED) is 0.271. The van der Waals surface area contributed by atoms with E-state index in [0.29, 0.717) is 0 Å². The van der Waals surface area contributed by atoms with Gasteiger partial charge in [-0.1, -0.05) is 27.2 Å². The van der Waals surface area contributed by atoms with E-state index in [9.17, 15) is 4.79 Å². The van der Waals surface area contributed by atoms with Gasteiger partial charge in [-0.3, -0.25) is 0 Å². The Balaban J connectivity index is -0.0000000840. The first-order chi connectivity index (χ1) is 9.72. The van der Waals surface area contributed by atoms with Gasteiger partial charge in [0.05, 0.1) is 0 Å². The summed E-state index contributed by atoms with van der Waals surface area (Å²) in [6, 6.07) is 12.5. The van der Waals surface area contributed by atoms with Gasteiger partial charge in [-0.2, -0.15) is 62.6 Å². The maximum atomic E-state index is 11.1. The molecule has 0 unspecified atom stereocenters. The molecule has 0 saturated carbocycles. The number of Topliss-reactive ketones (excluding diaryl/α,β-unsaturated/α-hetero) is 1. The standard InChI is InChI=1S/C11H20O.C6H5.C2H6.W.2Y/c1-4-6-7-9-11(8-5-2)10(3)12;1-2-4-6-5-3-1;1-2;;;/h4H,5-9H2,1-3H3;1-5H;1-2H3;;;/q-2;-1;;;;. The van der Waals surface area contributed by atoms with Gasteiger partial charge in [0.1, 0.15) is 0 Å². The monoisotopic (exact) mass is 637 g/mol. The summed E-state index contributed by atoms with van der Waals surface area (Å²) in [7, 11) is 0. The molecule has 1 rings (SSSR count). The van der Waals surface area contributed by atoms with E-state index in [1.165, 1.54) is 0 Å². The fourth-order valence-corrected chi connectivity index (χ4v) is 1.64. The number of ketones is 1. The molecule has 23 heavy (non-hydrogen) atoms. The van der Waals surface area contributed by atoms with Crippen LogP contribution in [0.5, 0.6) is 0 Å². The second-order valence-electron chi connectivity index (χ2n) is 4.29. The van der Waals surface area contributed by atoms with Gasteiger partial charge in [-0.05, 0) is 12.7 Å². The van der Waals surface area contributed by atoms with Gasteiger partial charge in [-0.15, -0.1) is 6.42 Å². The molecule has 0 fully saturated rings. The fraction of sp³-hybridized carbons (Fsp3) is 0.526. The maximum Gasteiger partial charge on any atom is 0 e. The Morgan fingerprint density at radius 3 is 1.87 bits per heavy atom. The minimum Gasteiger partial charge on any atom is -0.334 e.